The van der Waals surface area contributed by atoms with Crippen molar-refractivity contribution in [2.24, 2.45) is 0 Å². The molecule has 0 aromatic carbocycles. The van der Waals surface area contributed by atoms with Gasteiger partial charge in [-0.25, -0.2) is 9.97 Å². The molecule has 1 N–H and O–H groups in total. The summed E-state index contributed by atoms with van der Waals surface area (Å²) < 4.78 is 5.23. The van der Waals surface area contributed by atoms with Crippen molar-refractivity contribution in [3.8, 4) is 11.3 Å². The van der Waals surface area contributed by atoms with Crippen molar-refractivity contribution in [3.05, 3.63) is 31.1 Å². The molecule has 3 heterocycles. The normalized spacial score (nSPS) is 10.9. The van der Waals surface area contributed by atoms with Gasteiger partial charge in [-0.2, -0.15) is 0 Å². The molecule has 0 bridgehead atoms. The molecule has 0 spiro atoms. The van der Waals surface area contributed by atoms with E-state index in [1.807, 2.05) is 12.3 Å². The molecule has 2 radical (unpaired) electrons. The third kappa shape index (κ3) is 1.24. The zero-order chi connectivity index (χ0) is 10.3. The van der Waals surface area contributed by atoms with Crippen LogP contribution in [0, 0.1) is 0 Å². The van der Waals surface area contributed by atoms with Gasteiger partial charge in [0.05, 0.1) is 6.20 Å². The molecule has 4 nitrogen and oxygen atoms in total. The Bertz CT molecular complexity index is 600. The lowest BCUT2D eigenvalue weighted by molar-refractivity contribution is 0.572. The molecule has 70 valence electrons. The summed E-state index contributed by atoms with van der Waals surface area (Å²) >= 11 is 0. The number of hydrogen-bond acceptors (Lipinski definition) is 3. The Morgan fingerprint density at radius 1 is 1.33 bits per heavy atom. The minimum Gasteiger partial charge on any atom is -0.443 e. The lowest BCUT2D eigenvalue weighted by Crippen LogP contribution is -2.01. The third-order valence-corrected chi connectivity index (χ3v) is 2.25. The maximum absolute atomic E-state index is 5.68. The van der Waals surface area contributed by atoms with E-state index >= 15 is 0 Å². The highest BCUT2D eigenvalue weighted by Gasteiger charge is 2.09. The summed E-state index contributed by atoms with van der Waals surface area (Å²) in [6, 6.07) is 1.86. The first-order valence-corrected chi connectivity index (χ1v) is 4.46. The topological polar surface area (TPSA) is 54.7 Å². The molecule has 0 amide bonds. The number of oxazole rings is 1. The summed E-state index contributed by atoms with van der Waals surface area (Å²) in [5.74, 6) is 0.702. The molecule has 5 heteroatoms. The van der Waals surface area contributed by atoms with Crippen molar-refractivity contribution < 1.29 is 4.42 Å². The number of fused-ring (bicyclic) bond motifs is 1. The van der Waals surface area contributed by atoms with Crippen LogP contribution in [0.3, 0.4) is 0 Å². The maximum atomic E-state index is 5.68. The van der Waals surface area contributed by atoms with Crippen LogP contribution in [0.5, 0.6) is 0 Å². The van der Waals surface area contributed by atoms with Crippen molar-refractivity contribution in [1.29, 1.82) is 0 Å². The van der Waals surface area contributed by atoms with Crippen LogP contribution < -0.4 is 5.46 Å². The van der Waals surface area contributed by atoms with Gasteiger partial charge in [0.25, 0.3) is 0 Å². The van der Waals surface area contributed by atoms with E-state index in [4.69, 9.17) is 12.3 Å². The molecule has 0 fully saturated rings. The molecule has 0 aliphatic carbocycles. The Balaban J connectivity index is 2.32. The molecular formula is C10H6BN3O. The van der Waals surface area contributed by atoms with E-state index in [1.165, 1.54) is 6.39 Å². The predicted octanol–water partition coefficient (Wildman–Crippen LogP) is 1.01. The lowest BCUT2D eigenvalue weighted by Gasteiger charge is -1.95. The second kappa shape index (κ2) is 2.98. The Morgan fingerprint density at radius 3 is 3.07 bits per heavy atom. The van der Waals surface area contributed by atoms with Gasteiger partial charge in [0.1, 0.15) is 13.5 Å². The molecule has 3 aromatic rings. The van der Waals surface area contributed by atoms with Crippen molar-refractivity contribution in [2.75, 3.05) is 0 Å². The zero-order valence-corrected chi connectivity index (χ0v) is 7.77. The number of nitrogens with zero attached hydrogens (tertiary/aromatic N) is 2. The highest BCUT2D eigenvalue weighted by atomic mass is 16.3. The summed E-state index contributed by atoms with van der Waals surface area (Å²) in [4.78, 5) is 11.1. The molecule has 0 aliphatic rings. The fourth-order valence-electron chi connectivity index (χ4n) is 1.57. The second-order valence-corrected chi connectivity index (χ2v) is 3.23. The van der Waals surface area contributed by atoms with E-state index in [-0.39, 0.29) is 0 Å². The first-order chi connectivity index (χ1) is 7.34. The van der Waals surface area contributed by atoms with Crippen LogP contribution in [0.15, 0.2) is 35.5 Å². The minimum absolute atomic E-state index is 0.628. The van der Waals surface area contributed by atoms with E-state index in [2.05, 4.69) is 15.0 Å². The highest BCUT2D eigenvalue weighted by Crippen LogP contribution is 2.26. The van der Waals surface area contributed by atoms with E-state index < -0.39 is 0 Å². The van der Waals surface area contributed by atoms with Gasteiger partial charge in [0.15, 0.2) is 12.2 Å². The molecule has 0 aliphatic heterocycles. The standard InChI is InChI=1S/C10H6BN3O/c11-6-1-7-8(9-4-12-5-15-9)3-14-10(7)13-2-6/h1-5H,(H,13,14). The van der Waals surface area contributed by atoms with E-state index in [0.717, 1.165) is 16.6 Å². The molecule has 15 heavy (non-hydrogen) atoms. The zero-order valence-electron chi connectivity index (χ0n) is 7.77. The third-order valence-electron chi connectivity index (χ3n) is 2.25. The summed E-state index contributed by atoms with van der Waals surface area (Å²) in [5, 5.41) is 0.937. The number of pyridine rings is 1. The van der Waals surface area contributed by atoms with Crippen LogP contribution in [-0.4, -0.2) is 22.8 Å². The summed E-state index contributed by atoms with van der Waals surface area (Å²) in [5.41, 5.74) is 2.33. The van der Waals surface area contributed by atoms with Gasteiger partial charge in [0, 0.05) is 23.3 Å². The minimum atomic E-state index is 0.628. The van der Waals surface area contributed by atoms with Crippen LogP contribution in [0.25, 0.3) is 22.4 Å². The summed E-state index contributed by atoms with van der Waals surface area (Å²) in [6.07, 6.45) is 6.50. The summed E-state index contributed by atoms with van der Waals surface area (Å²) in [6.45, 7) is 0. The molecular weight excluding hydrogens is 189 g/mol. The first-order valence-electron chi connectivity index (χ1n) is 4.46. The number of nitrogens with one attached hydrogen (secondary N) is 1. The Kier molecular flexibility index (Phi) is 1.65. The molecule has 0 atom stereocenters. The van der Waals surface area contributed by atoms with E-state index in [0.29, 0.717) is 11.2 Å². The largest absolute Gasteiger partial charge is 0.443 e. The van der Waals surface area contributed by atoms with Crippen molar-refractivity contribution in [3.63, 3.8) is 0 Å². The van der Waals surface area contributed by atoms with E-state index in [9.17, 15) is 0 Å². The number of rotatable bonds is 1. The quantitative estimate of drug-likeness (QED) is 0.589. The SMILES string of the molecule is [B]c1cnc2[nH]cc(-c3cnco3)c2c1. The van der Waals surface area contributed by atoms with Crippen molar-refractivity contribution in [1.82, 2.24) is 15.0 Å². The van der Waals surface area contributed by atoms with Crippen molar-refractivity contribution in [2.45, 2.75) is 0 Å². The Labute approximate surface area is 86.8 Å². The second-order valence-electron chi connectivity index (χ2n) is 3.23. The van der Waals surface area contributed by atoms with Crippen LogP contribution in [0.2, 0.25) is 0 Å². The summed E-state index contributed by atoms with van der Waals surface area (Å²) in [7, 11) is 5.68. The van der Waals surface area contributed by atoms with Crippen molar-refractivity contribution >= 4 is 24.3 Å². The average molecular weight is 195 g/mol. The van der Waals surface area contributed by atoms with Crippen LogP contribution >= 0.6 is 0 Å². The molecule has 0 saturated carbocycles. The van der Waals surface area contributed by atoms with Crippen LogP contribution in [0.1, 0.15) is 0 Å². The fourth-order valence-corrected chi connectivity index (χ4v) is 1.57. The number of aromatic amines is 1. The van der Waals surface area contributed by atoms with Gasteiger partial charge in [-0.15, -0.1) is 0 Å². The molecule has 0 saturated heterocycles. The molecule has 0 unspecified atom stereocenters. The average Bonchev–Trinajstić information content (AvgIpc) is 2.83. The molecule has 3 rings (SSSR count). The number of H-pyrrole nitrogens is 1. The predicted molar refractivity (Wildman–Crippen MR) is 57.0 cm³/mol. The fraction of sp³-hybridized carbons (Fsp3) is 0. The highest BCUT2D eigenvalue weighted by molar-refractivity contribution is 6.33. The lowest BCUT2D eigenvalue weighted by atomic mass is 9.97. The maximum Gasteiger partial charge on any atom is 0.181 e. The first kappa shape index (κ1) is 8.29. The van der Waals surface area contributed by atoms with Crippen LogP contribution in [-0.2, 0) is 0 Å². The van der Waals surface area contributed by atoms with Gasteiger partial charge >= 0.3 is 0 Å². The Hall–Kier alpha value is -2.04. The van der Waals surface area contributed by atoms with Gasteiger partial charge < -0.3 is 9.40 Å². The Morgan fingerprint density at radius 2 is 2.27 bits per heavy atom. The number of aromatic nitrogens is 3. The molecule has 3 aromatic heterocycles. The van der Waals surface area contributed by atoms with E-state index in [1.54, 1.807) is 12.4 Å². The van der Waals surface area contributed by atoms with Gasteiger partial charge in [-0.3, -0.25) is 0 Å². The van der Waals surface area contributed by atoms with Gasteiger partial charge in [-0.1, -0.05) is 11.5 Å². The van der Waals surface area contributed by atoms with Gasteiger partial charge in [-0.05, 0) is 0 Å². The van der Waals surface area contributed by atoms with Gasteiger partial charge in [0.2, 0.25) is 0 Å². The monoisotopic (exact) mass is 195 g/mol. The number of hydrogen-bond donors (Lipinski definition) is 1. The smallest absolute Gasteiger partial charge is 0.181 e. The van der Waals surface area contributed by atoms with Crippen LogP contribution in [0.4, 0.5) is 0 Å².